The Balaban J connectivity index is 3.06. The number of rotatable bonds is 2. The second-order valence-corrected chi connectivity index (χ2v) is 4.45. The van der Waals surface area contributed by atoms with Crippen LogP contribution in [0.5, 0.6) is 0 Å². The molecule has 74 valence electrons. The van der Waals surface area contributed by atoms with Gasteiger partial charge in [0.05, 0.1) is 0 Å². The lowest BCUT2D eigenvalue weighted by molar-refractivity contribution is -0.103. The van der Waals surface area contributed by atoms with Gasteiger partial charge in [-0.2, -0.15) is 0 Å². The number of allylic oxidation sites excluding steroid dienone is 2. The minimum Gasteiger partial charge on any atom is -0.298 e. The van der Waals surface area contributed by atoms with E-state index in [9.17, 15) is 4.79 Å². The largest absolute Gasteiger partial charge is 0.298 e. The molecule has 0 spiro atoms. The van der Waals surface area contributed by atoms with Gasteiger partial charge >= 0.3 is 0 Å². The lowest BCUT2D eigenvalue weighted by atomic mass is 9.91. The first-order valence-corrected chi connectivity index (χ1v) is 4.76. The van der Waals surface area contributed by atoms with Crippen molar-refractivity contribution in [3.05, 3.63) is 42.0 Å². The van der Waals surface area contributed by atoms with E-state index < -0.39 is 0 Å². The van der Waals surface area contributed by atoms with Crippen LogP contribution in [0, 0.1) is 5.41 Å². The molecule has 1 aromatic carbocycles. The molecule has 0 saturated carbocycles. The predicted molar refractivity (Wildman–Crippen MR) is 59.9 cm³/mol. The summed E-state index contributed by atoms with van der Waals surface area (Å²) in [5, 5.41) is 0. The molecule has 0 bridgehead atoms. The molecule has 0 aliphatic heterocycles. The number of carbonyl (C=O) groups excluding carboxylic acids is 1. The van der Waals surface area contributed by atoms with Gasteiger partial charge in [-0.1, -0.05) is 57.2 Å². The van der Waals surface area contributed by atoms with E-state index in [-0.39, 0.29) is 5.41 Å². The SMILES string of the molecule is CC(C)(C)C=C(C=O)c1ccccc1. The van der Waals surface area contributed by atoms with Crippen LogP contribution in [0.3, 0.4) is 0 Å². The fourth-order valence-electron chi connectivity index (χ4n) is 1.28. The zero-order valence-corrected chi connectivity index (χ0v) is 8.95. The van der Waals surface area contributed by atoms with Gasteiger partial charge in [0.25, 0.3) is 0 Å². The number of benzene rings is 1. The maximum absolute atomic E-state index is 10.9. The molecule has 0 saturated heterocycles. The summed E-state index contributed by atoms with van der Waals surface area (Å²) in [7, 11) is 0. The van der Waals surface area contributed by atoms with Crippen molar-refractivity contribution >= 4 is 11.9 Å². The van der Waals surface area contributed by atoms with Crippen molar-refractivity contribution < 1.29 is 4.79 Å². The summed E-state index contributed by atoms with van der Waals surface area (Å²) in [5.74, 6) is 0. The summed E-state index contributed by atoms with van der Waals surface area (Å²) in [6.07, 6.45) is 2.91. The zero-order chi connectivity index (χ0) is 10.6. The third-order valence-electron chi connectivity index (χ3n) is 1.82. The van der Waals surface area contributed by atoms with E-state index in [4.69, 9.17) is 0 Å². The molecule has 0 aliphatic rings. The molecule has 0 aromatic heterocycles. The number of hydrogen-bond acceptors (Lipinski definition) is 1. The quantitative estimate of drug-likeness (QED) is 0.514. The van der Waals surface area contributed by atoms with Crippen LogP contribution in [0.1, 0.15) is 26.3 Å². The molecule has 0 atom stereocenters. The molecule has 0 fully saturated rings. The summed E-state index contributed by atoms with van der Waals surface area (Å²) in [5.41, 5.74) is 1.78. The highest BCUT2D eigenvalue weighted by atomic mass is 16.1. The monoisotopic (exact) mass is 188 g/mol. The Morgan fingerprint density at radius 1 is 1.14 bits per heavy atom. The second-order valence-electron chi connectivity index (χ2n) is 4.45. The standard InChI is InChI=1S/C13H16O/c1-13(2,3)9-12(10-14)11-7-5-4-6-8-11/h4-10H,1-3H3. The van der Waals surface area contributed by atoms with Crippen molar-refractivity contribution in [2.75, 3.05) is 0 Å². The summed E-state index contributed by atoms with van der Waals surface area (Å²) >= 11 is 0. The fraction of sp³-hybridized carbons (Fsp3) is 0.308. The zero-order valence-electron chi connectivity index (χ0n) is 8.95. The minimum absolute atomic E-state index is 0.0338. The summed E-state index contributed by atoms with van der Waals surface area (Å²) < 4.78 is 0. The Labute approximate surface area is 85.5 Å². The molecule has 0 N–H and O–H groups in total. The van der Waals surface area contributed by atoms with Crippen LogP contribution in [0.15, 0.2) is 36.4 Å². The molecule has 0 amide bonds. The van der Waals surface area contributed by atoms with E-state index in [2.05, 4.69) is 20.8 Å². The molecular formula is C13H16O. The normalized spacial score (nSPS) is 12.6. The van der Waals surface area contributed by atoms with E-state index in [0.29, 0.717) is 0 Å². The highest BCUT2D eigenvalue weighted by Crippen LogP contribution is 2.22. The average molecular weight is 188 g/mol. The van der Waals surface area contributed by atoms with Gasteiger partial charge in [-0.05, 0) is 11.0 Å². The average Bonchev–Trinajstić information content (AvgIpc) is 2.14. The van der Waals surface area contributed by atoms with Crippen LogP contribution in [0.4, 0.5) is 0 Å². The lowest BCUT2D eigenvalue weighted by Crippen LogP contribution is -2.01. The molecule has 0 heterocycles. The molecule has 1 aromatic rings. The first kappa shape index (κ1) is 10.7. The van der Waals surface area contributed by atoms with Crippen molar-refractivity contribution in [1.82, 2.24) is 0 Å². The van der Waals surface area contributed by atoms with Crippen LogP contribution in [-0.4, -0.2) is 6.29 Å². The minimum atomic E-state index is 0.0338. The maximum Gasteiger partial charge on any atom is 0.150 e. The second kappa shape index (κ2) is 4.23. The molecule has 0 aliphatic carbocycles. The van der Waals surface area contributed by atoms with Gasteiger partial charge in [0.15, 0.2) is 0 Å². The predicted octanol–water partition coefficient (Wildman–Crippen LogP) is 3.32. The van der Waals surface area contributed by atoms with E-state index in [1.807, 2.05) is 36.4 Å². The number of aldehydes is 1. The van der Waals surface area contributed by atoms with Crippen molar-refractivity contribution in [3.63, 3.8) is 0 Å². The third kappa shape index (κ3) is 3.17. The maximum atomic E-state index is 10.9. The first-order valence-electron chi connectivity index (χ1n) is 4.76. The molecule has 1 rings (SSSR count). The number of hydrogen-bond donors (Lipinski definition) is 0. The topological polar surface area (TPSA) is 17.1 Å². The van der Waals surface area contributed by atoms with E-state index >= 15 is 0 Å². The Morgan fingerprint density at radius 2 is 1.71 bits per heavy atom. The fourth-order valence-corrected chi connectivity index (χ4v) is 1.28. The van der Waals surface area contributed by atoms with Crippen LogP contribution in [-0.2, 0) is 4.79 Å². The van der Waals surface area contributed by atoms with Gasteiger partial charge < -0.3 is 0 Å². The van der Waals surface area contributed by atoms with Crippen LogP contribution in [0.2, 0.25) is 0 Å². The van der Waals surface area contributed by atoms with E-state index in [0.717, 1.165) is 17.4 Å². The van der Waals surface area contributed by atoms with Crippen molar-refractivity contribution in [2.45, 2.75) is 20.8 Å². The molecule has 0 radical (unpaired) electrons. The van der Waals surface area contributed by atoms with Crippen LogP contribution in [0.25, 0.3) is 5.57 Å². The van der Waals surface area contributed by atoms with Gasteiger partial charge in [-0.15, -0.1) is 0 Å². The highest BCUT2D eigenvalue weighted by Gasteiger charge is 2.09. The van der Waals surface area contributed by atoms with Gasteiger partial charge in [0.2, 0.25) is 0 Å². The lowest BCUT2D eigenvalue weighted by Gasteiger charge is -2.13. The Morgan fingerprint density at radius 3 is 2.14 bits per heavy atom. The van der Waals surface area contributed by atoms with E-state index in [1.165, 1.54) is 0 Å². The summed E-state index contributed by atoms with van der Waals surface area (Å²) in [6.45, 7) is 6.25. The molecule has 0 unspecified atom stereocenters. The molecule has 1 nitrogen and oxygen atoms in total. The van der Waals surface area contributed by atoms with Gasteiger partial charge in [-0.3, -0.25) is 4.79 Å². The van der Waals surface area contributed by atoms with Gasteiger partial charge in [-0.25, -0.2) is 0 Å². The summed E-state index contributed by atoms with van der Waals surface area (Å²) in [4.78, 5) is 10.9. The van der Waals surface area contributed by atoms with Crippen LogP contribution >= 0.6 is 0 Å². The number of carbonyl (C=O) groups is 1. The molecule has 14 heavy (non-hydrogen) atoms. The Hall–Kier alpha value is -1.37. The Bertz CT molecular complexity index is 328. The Kier molecular flexibility index (Phi) is 3.23. The first-order chi connectivity index (χ1) is 6.53. The van der Waals surface area contributed by atoms with Crippen LogP contribution < -0.4 is 0 Å². The highest BCUT2D eigenvalue weighted by molar-refractivity contribution is 6.06. The summed E-state index contributed by atoms with van der Waals surface area (Å²) in [6, 6.07) is 9.73. The van der Waals surface area contributed by atoms with Crippen molar-refractivity contribution in [1.29, 1.82) is 0 Å². The van der Waals surface area contributed by atoms with Gasteiger partial charge in [0.1, 0.15) is 6.29 Å². The van der Waals surface area contributed by atoms with Crippen molar-refractivity contribution in [3.8, 4) is 0 Å². The van der Waals surface area contributed by atoms with Gasteiger partial charge in [0, 0.05) is 5.57 Å². The molecule has 1 heteroatoms. The van der Waals surface area contributed by atoms with E-state index in [1.54, 1.807) is 0 Å². The van der Waals surface area contributed by atoms with Crippen molar-refractivity contribution in [2.24, 2.45) is 5.41 Å². The molecular weight excluding hydrogens is 172 g/mol. The third-order valence-corrected chi connectivity index (χ3v) is 1.82. The smallest absolute Gasteiger partial charge is 0.150 e.